The van der Waals surface area contributed by atoms with Gasteiger partial charge in [-0.2, -0.15) is 0 Å². The molecule has 0 spiro atoms. The lowest BCUT2D eigenvalue weighted by molar-refractivity contribution is -0.146. The molecule has 1 aromatic rings. The number of hydrogen-bond donors (Lipinski definition) is 4. The second kappa shape index (κ2) is 5.80. The Morgan fingerprint density at radius 2 is 2.24 bits per heavy atom. The van der Waals surface area contributed by atoms with E-state index >= 15 is 0 Å². The summed E-state index contributed by atoms with van der Waals surface area (Å²) in [4.78, 5) is 21.5. The zero-order valence-corrected chi connectivity index (χ0v) is 9.12. The predicted octanol–water partition coefficient (Wildman–Crippen LogP) is -1.94. The van der Waals surface area contributed by atoms with Crippen LogP contribution in [0, 0.1) is 0 Å². The van der Waals surface area contributed by atoms with E-state index in [1.807, 2.05) is 0 Å². The second-order valence-electron chi connectivity index (χ2n) is 3.28. The van der Waals surface area contributed by atoms with Crippen LogP contribution >= 0.6 is 0 Å². The quantitative estimate of drug-likeness (QED) is 0.476. The van der Waals surface area contributed by atoms with Crippen molar-refractivity contribution < 1.29 is 19.8 Å². The maximum absolute atomic E-state index is 11.2. The Morgan fingerprint density at radius 3 is 2.76 bits per heavy atom. The third-order valence-corrected chi connectivity index (χ3v) is 1.95. The fourth-order valence-electron chi connectivity index (χ4n) is 0.966. The summed E-state index contributed by atoms with van der Waals surface area (Å²) in [6, 6.07) is -0.590. The molecule has 0 radical (unpaired) electrons. The van der Waals surface area contributed by atoms with Crippen LogP contribution in [-0.4, -0.2) is 49.6 Å². The summed E-state index contributed by atoms with van der Waals surface area (Å²) in [5, 5.41) is 29.3. The number of carbonyl (C=O) groups is 2. The van der Waals surface area contributed by atoms with Crippen molar-refractivity contribution >= 4 is 12.0 Å². The molecule has 0 aromatic carbocycles. The summed E-state index contributed by atoms with van der Waals surface area (Å²) in [7, 11) is 1.73. The SMILES string of the molecule is Cn1cnnc1CNC(=O)NC[C@H](O)C(=O)O. The predicted molar refractivity (Wildman–Crippen MR) is 54.9 cm³/mol. The zero-order valence-electron chi connectivity index (χ0n) is 9.12. The molecule has 0 unspecified atom stereocenters. The number of carbonyl (C=O) groups excluding carboxylic acids is 1. The lowest BCUT2D eigenvalue weighted by atomic mass is 10.4. The Morgan fingerprint density at radius 1 is 1.53 bits per heavy atom. The van der Waals surface area contributed by atoms with Crippen LogP contribution in [0.5, 0.6) is 0 Å². The number of aliphatic hydroxyl groups excluding tert-OH is 1. The van der Waals surface area contributed by atoms with E-state index in [0.29, 0.717) is 5.82 Å². The molecule has 2 amide bonds. The Balaban J connectivity index is 2.27. The van der Waals surface area contributed by atoms with Gasteiger partial charge in [-0.3, -0.25) is 0 Å². The summed E-state index contributed by atoms with van der Waals surface area (Å²) >= 11 is 0. The molecule has 0 aliphatic carbocycles. The van der Waals surface area contributed by atoms with Crippen LogP contribution in [0.1, 0.15) is 5.82 Å². The van der Waals surface area contributed by atoms with E-state index in [4.69, 9.17) is 10.2 Å². The van der Waals surface area contributed by atoms with E-state index < -0.39 is 18.1 Å². The van der Waals surface area contributed by atoms with Gasteiger partial charge in [0, 0.05) is 7.05 Å². The maximum Gasteiger partial charge on any atom is 0.334 e. The fraction of sp³-hybridized carbons (Fsp3) is 0.500. The molecule has 94 valence electrons. The lowest BCUT2D eigenvalue weighted by Gasteiger charge is -2.08. The minimum atomic E-state index is -1.62. The van der Waals surface area contributed by atoms with Gasteiger partial charge in [-0.1, -0.05) is 0 Å². The number of aliphatic hydroxyl groups is 1. The normalized spacial score (nSPS) is 11.9. The van der Waals surface area contributed by atoms with Gasteiger partial charge in [-0.25, -0.2) is 9.59 Å². The van der Waals surface area contributed by atoms with Crippen LogP contribution in [0.3, 0.4) is 0 Å². The molecule has 1 rings (SSSR count). The van der Waals surface area contributed by atoms with Crippen molar-refractivity contribution in [2.75, 3.05) is 6.54 Å². The molecule has 0 saturated carbocycles. The van der Waals surface area contributed by atoms with Gasteiger partial charge in [-0.15, -0.1) is 10.2 Å². The largest absolute Gasteiger partial charge is 0.479 e. The van der Waals surface area contributed by atoms with Crippen LogP contribution < -0.4 is 10.6 Å². The van der Waals surface area contributed by atoms with Gasteiger partial charge in [-0.05, 0) is 0 Å². The fourth-order valence-corrected chi connectivity index (χ4v) is 0.966. The highest BCUT2D eigenvalue weighted by Gasteiger charge is 2.14. The number of hydrogen-bond acceptors (Lipinski definition) is 5. The number of urea groups is 1. The summed E-state index contributed by atoms with van der Waals surface area (Å²) < 4.78 is 1.63. The van der Waals surface area contributed by atoms with Crippen molar-refractivity contribution in [3.05, 3.63) is 12.2 Å². The van der Waals surface area contributed by atoms with Crippen molar-refractivity contribution in [2.24, 2.45) is 7.05 Å². The number of aliphatic carboxylic acids is 1. The number of nitrogens with one attached hydrogen (secondary N) is 2. The smallest absolute Gasteiger partial charge is 0.334 e. The van der Waals surface area contributed by atoms with Crippen LogP contribution in [0.25, 0.3) is 0 Å². The van der Waals surface area contributed by atoms with Gasteiger partial charge >= 0.3 is 12.0 Å². The molecule has 1 heterocycles. The highest BCUT2D eigenvalue weighted by atomic mass is 16.4. The molecule has 0 aliphatic heterocycles. The Labute approximate surface area is 96.5 Å². The summed E-state index contributed by atoms with van der Waals surface area (Å²) in [5.41, 5.74) is 0. The topological polar surface area (TPSA) is 129 Å². The molecule has 9 heteroatoms. The van der Waals surface area contributed by atoms with Gasteiger partial charge in [0.25, 0.3) is 0 Å². The molecule has 0 saturated heterocycles. The van der Waals surface area contributed by atoms with Crippen LogP contribution in [0.2, 0.25) is 0 Å². The van der Waals surface area contributed by atoms with Gasteiger partial charge in [0.2, 0.25) is 0 Å². The third-order valence-electron chi connectivity index (χ3n) is 1.95. The molecule has 9 nitrogen and oxygen atoms in total. The molecule has 0 fully saturated rings. The first-order valence-corrected chi connectivity index (χ1v) is 4.76. The number of aromatic nitrogens is 3. The first-order valence-electron chi connectivity index (χ1n) is 4.76. The number of carboxylic acids is 1. The van der Waals surface area contributed by atoms with Gasteiger partial charge in [0.1, 0.15) is 6.33 Å². The maximum atomic E-state index is 11.2. The number of amides is 2. The van der Waals surface area contributed by atoms with Gasteiger partial charge < -0.3 is 25.4 Å². The molecule has 0 aliphatic rings. The van der Waals surface area contributed by atoms with Crippen molar-refractivity contribution in [3.63, 3.8) is 0 Å². The number of nitrogens with zero attached hydrogens (tertiary/aromatic N) is 3. The van der Waals surface area contributed by atoms with E-state index in [1.165, 1.54) is 6.33 Å². The Kier molecular flexibility index (Phi) is 4.40. The van der Waals surface area contributed by atoms with Gasteiger partial charge in [0.15, 0.2) is 11.9 Å². The van der Waals surface area contributed by atoms with E-state index in [9.17, 15) is 9.59 Å². The van der Waals surface area contributed by atoms with E-state index in [0.717, 1.165) is 0 Å². The van der Waals surface area contributed by atoms with Crippen LogP contribution in [0.15, 0.2) is 6.33 Å². The standard InChI is InChI=1S/C8H13N5O4/c1-13-4-11-12-6(13)3-10-8(17)9-2-5(14)7(15)16/h4-5,14H,2-3H2,1H3,(H,15,16)(H2,9,10,17)/t5-/m0/s1. The molecule has 0 bridgehead atoms. The summed E-state index contributed by atoms with van der Waals surface area (Å²) in [6.45, 7) is -0.203. The second-order valence-corrected chi connectivity index (χ2v) is 3.28. The van der Waals surface area contributed by atoms with Crippen LogP contribution in [-0.2, 0) is 18.4 Å². The number of aryl methyl sites for hydroxylation is 1. The van der Waals surface area contributed by atoms with Gasteiger partial charge in [0.05, 0.1) is 13.1 Å². The molecule has 17 heavy (non-hydrogen) atoms. The van der Waals surface area contributed by atoms with Crippen LogP contribution in [0.4, 0.5) is 4.79 Å². The first-order chi connectivity index (χ1) is 8.00. The zero-order chi connectivity index (χ0) is 12.8. The minimum absolute atomic E-state index is 0.158. The Hall–Kier alpha value is -2.16. The average molecular weight is 243 g/mol. The van der Waals surface area contributed by atoms with Crippen molar-refractivity contribution in [1.29, 1.82) is 0 Å². The van der Waals surface area contributed by atoms with E-state index in [1.54, 1.807) is 11.6 Å². The molecular formula is C8H13N5O4. The highest BCUT2D eigenvalue weighted by Crippen LogP contribution is 1.89. The average Bonchev–Trinajstić information content (AvgIpc) is 2.68. The summed E-state index contributed by atoms with van der Waals surface area (Å²) in [5.74, 6) is -0.836. The lowest BCUT2D eigenvalue weighted by Crippen LogP contribution is -2.42. The number of rotatable bonds is 5. The highest BCUT2D eigenvalue weighted by molar-refractivity contribution is 5.76. The molecule has 4 N–H and O–H groups in total. The molecular weight excluding hydrogens is 230 g/mol. The monoisotopic (exact) mass is 243 g/mol. The Bertz CT molecular complexity index is 404. The molecule has 1 atom stereocenters. The van der Waals surface area contributed by atoms with E-state index in [-0.39, 0.29) is 13.1 Å². The van der Waals surface area contributed by atoms with Crippen molar-refractivity contribution in [3.8, 4) is 0 Å². The third kappa shape index (κ3) is 4.07. The first kappa shape index (κ1) is 12.9. The van der Waals surface area contributed by atoms with Crippen molar-refractivity contribution in [1.82, 2.24) is 25.4 Å². The molecule has 1 aromatic heterocycles. The van der Waals surface area contributed by atoms with E-state index in [2.05, 4.69) is 20.8 Å². The number of carboxylic acid groups (broad SMARTS) is 1. The summed E-state index contributed by atoms with van der Waals surface area (Å²) in [6.07, 6.45) is -0.126. The minimum Gasteiger partial charge on any atom is -0.479 e. The van der Waals surface area contributed by atoms with Crippen molar-refractivity contribution in [2.45, 2.75) is 12.6 Å².